The van der Waals surface area contributed by atoms with E-state index in [1.165, 1.54) is 57.6 Å². The molecule has 224 valence electrons. The molecule has 2 fully saturated rings. The van der Waals surface area contributed by atoms with Gasteiger partial charge in [-0.05, 0) is 62.1 Å². The molecule has 9 nitrogen and oxygen atoms in total. The number of hydrogen-bond donors (Lipinski definition) is 1. The Hall–Kier alpha value is -3.38. The lowest BCUT2D eigenvalue weighted by molar-refractivity contribution is -0.137. The van der Waals surface area contributed by atoms with Gasteiger partial charge in [0.1, 0.15) is 17.7 Å². The first kappa shape index (κ1) is 32.1. The molecule has 1 saturated carbocycles. The quantitative estimate of drug-likeness (QED) is 0.376. The molecule has 1 N–H and O–H groups in total. The van der Waals surface area contributed by atoms with Gasteiger partial charge < -0.3 is 15.1 Å². The van der Waals surface area contributed by atoms with E-state index in [1.54, 1.807) is 13.0 Å². The Morgan fingerprint density at radius 2 is 1.78 bits per heavy atom. The monoisotopic (exact) mass is 592 g/mol. The van der Waals surface area contributed by atoms with Crippen molar-refractivity contribution in [3.05, 3.63) is 71.9 Å². The summed E-state index contributed by atoms with van der Waals surface area (Å²) < 4.78 is 51.8. The molecule has 0 radical (unpaired) electrons. The third-order valence-electron chi connectivity index (χ3n) is 7.41. The van der Waals surface area contributed by atoms with Crippen LogP contribution in [0, 0.1) is 11.7 Å². The second kappa shape index (κ2) is 14.0. The fourth-order valence-corrected chi connectivity index (χ4v) is 5.60. The lowest BCUT2D eigenvalue weighted by Gasteiger charge is -2.37. The summed E-state index contributed by atoms with van der Waals surface area (Å²) in [5, 5.41) is 2.94. The molecular weight excluding hydrogens is 554 g/mol. The van der Waals surface area contributed by atoms with Crippen LogP contribution in [-0.4, -0.2) is 91.8 Å². The molecule has 3 rings (SSSR count). The zero-order chi connectivity index (χ0) is 30.3. The molecular formula is C29H38F2N4O5S. The summed E-state index contributed by atoms with van der Waals surface area (Å²) in [5.74, 6) is -1.82. The van der Waals surface area contributed by atoms with Crippen molar-refractivity contribution in [2.75, 3.05) is 39.5 Å². The summed E-state index contributed by atoms with van der Waals surface area (Å²) in [5.41, 5.74) is 0.949. The van der Waals surface area contributed by atoms with Crippen LogP contribution in [0.4, 0.5) is 8.78 Å². The van der Waals surface area contributed by atoms with Crippen LogP contribution in [0.2, 0.25) is 0 Å². The Bertz CT molecular complexity index is 1300. The Morgan fingerprint density at radius 1 is 1.15 bits per heavy atom. The minimum absolute atomic E-state index is 0.0410. The minimum atomic E-state index is -3.38. The minimum Gasteiger partial charge on any atom is -0.353 e. The smallest absolute Gasteiger partial charge is 0.254 e. The van der Waals surface area contributed by atoms with Gasteiger partial charge in [-0.2, -0.15) is 4.31 Å². The van der Waals surface area contributed by atoms with Gasteiger partial charge in [0.05, 0.1) is 6.26 Å². The number of likely N-dealkylation sites (N-methyl/N-ethyl adjacent to an activating group) is 1. The largest absolute Gasteiger partial charge is 0.353 e. The number of nitrogens with one attached hydrogen (secondary N) is 1. The van der Waals surface area contributed by atoms with Gasteiger partial charge in [0, 0.05) is 57.2 Å². The number of nitrogens with zero attached hydrogens (tertiary/aromatic N) is 3. The van der Waals surface area contributed by atoms with Crippen molar-refractivity contribution in [2.45, 2.75) is 44.7 Å². The van der Waals surface area contributed by atoms with Gasteiger partial charge in [0.2, 0.25) is 21.8 Å². The van der Waals surface area contributed by atoms with Crippen molar-refractivity contribution in [2.24, 2.45) is 5.92 Å². The maximum Gasteiger partial charge on any atom is 0.254 e. The van der Waals surface area contributed by atoms with Crippen LogP contribution >= 0.6 is 0 Å². The zero-order valence-corrected chi connectivity index (χ0v) is 24.5. The van der Waals surface area contributed by atoms with Crippen LogP contribution in [0.5, 0.6) is 0 Å². The van der Waals surface area contributed by atoms with E-state index in [9.17, 15) is 31.6 Å². The van der Waals surface area contributed by atoms with Crippen LogP contribution in [-0.2, 0) is 19.6 Å². The van der Waals surface area contributed by atoms with Gasteiger partial charge in [0.25, 0.3) is 5.91 Å². The highest BCUT2D eigenvalue weighted by atomic mass is 32.2. The first-order chi connectivity index (χ1) is 19.3. The van der Waals surface area contributed by atoms with E-state index in [-0.39, 0.29) is 74.2 Å². The molecule has 1 saturated heterocycles. The number of sulfonamides is 1. The van der Waals surface area contributed by atoms with E-state index in [4.69, 9.17) is 0 Å². The third-order valence-corrected chi connectivity index (χ3v) is 8.71. The first-order valence-corrected chi connectivity index (χ1v) is 15.4. The Balaban J connectivity index is 1.60. The fraction of sp³-hybridized carbons (Fsp3) is 0.483. The number of carbonyl (C=O) groups excluding carboxylic acids is 3. The van der Waals surface area contributed by atoms with Gasteiger partial charge >= 0.3 is 0 Å². The van der Waals surface area contributed by atoms with E-state index in [2.05, 4.69) is 11.9 Å². The molecule has 3 atom stereocenters. The van der Waals surface area contributed by atoms with Crippen molar-refractivity contribution in [3.8, 4) is 0 Å². The first-order valence-electron chi connectivity index (χ1n) is 13.6. The van der Waals surface area contributed by atoms with Crippen molar-refractivity contribution < 1.29 is 31.6 Å². The summed E-state index contributed by atoms with van der Waals surface area (Å²) in [7, 11) is -1.89. The van der Waals surface area contributed by atoms with Crippen molar-refractivity contribution >= 4 is 27.7 Å². The van der Waals surface area contributed by atoms with E-state index >= 15 is 0 Å². The predicted octanol–water partition coefficient (Wildman–Crippen LogP) is 3.03. The summed E-state index contributed by atoms with van der Waals surface area (Å²) in [4.78, 5) is 42.2. The van der Waals surface area contributed by atoms with Crippen molar-refractivity contribution in [3.63, 3.8) is 0 Å². The number of piperazine rings is 1. The standard InChI is InChI=1S/C29H38F2N4O5S/c1-5-22(30)12-9-20(2)24-19-25(24)32-27(36)8-6-7-26(33(3)28(37)21-10-13-23(31)14-11-21)29(38)34-15-17-35(18-16-34)41(4,39)40/h5,9-14,24-26H,2,6-8,15-19H2,1,3-4H3,(H,32,36)/b12-9-,22-5+/t24-,25?,26-/m0/s1. The molecule has 0 aromatic heterocycles. The highest BCUT2D eigenvalue weighted by molar-refractivity contribution is 7.88. The van der Waals surface area contributed by atoms with E-state index < -0.39 is 27.8 Å². The van der Waals surface area contributed by atoms with Crippen LogP contribution in [0.3, 0.4) is 0 Å². The second-order valence-electron chi connectivity index (χ2n) is 10.4. The average molecular weight is 593 g/mol. The second-order valence-corrected chi connectivity index (χ2v) is 12.4. The molecule has 3 amide bonds. The summed E-state index contributed by atoms with van der Waals surface area (Å²) >= 11 is 0. The fourth-order valence-electron chi connectivity index (χ4n) is 4.78. The summed E-state index contributed by atoms with van der Waals surface area (Å²) in [6, 6.07) is 4.04. The maximum atomic E-state index is 13.6. The van der Waals surface area contributed by atoms with Gasteiger partial charge in [0.15, 0.2) is 0 Å². The van der Waals surface area contributed by atoms with Gasteiger partial charge in [-0.25, -0.2) is 17.2 Å². The van der Waals surface area contributed by atoms with E-state index in [1.807, 2.05) is 0 Å². The molecule has 1 unspecified atom stereocenters. The lowest BCUT2D eigenvalue weighted by Crippen LogP contribution is -2.56. The predicted molar refractivity (Wildman–Crippen MR) is 152 cm³/mol. The van der Waals surface area contributed by atoms with Crippen LogP contribution in [0.15, 0.2) is 60.5 Å². The zero-order valence-electron chi connectivity index (χ0n) is 23.7. The molecule has 2 aliphatic rings. The number of benzene rings is 1. The Morgan fingerprint density at radius 3 is 2.37 bits per heavy atom. The molecule has 1 aromatic carbocycles. The average Bonchev–Trinajstić information content (AvgIpc) is 3.71. The molecule has 1 aliphatic carbocycles. The SMILES string of the molecule is C=C(/C=C\C(F)=C/C)[C@@H]1CC1NC(=O)CCC[C@@H](C(=O)N1CCN(S(C)(=O)=O)CC1)N(C)C(=O)c1ccc(F)cc1. The van der Waals surface area contributed by atoms with Gasteiger partial charge in [-0.15, -0.1) is 0 Å². The highest BCUT2D eigenvalue weighted by Crippen LogP contribution is 2.37. The number of carbonyl (C=O) groups is 3. The summed E-state index contributed by atoms with van der Waals surface area (Å²) in [6.07, 6.45) is 6.76. The third kappa shape index (κ3) is 9.06. The van der Waals surface area contributed by atoms with Crippen LogP contribution in [0.1, 0.15) is 43.0 Å². The van der Waals surface area contributed by atoms with Crippen molar-refractivity contribution in [1.29, 1.82) is 0 Å². The molecule has 1 aromatic rings. The number of amides is 3. The Labute approximate surface area is 240 Å². The van der Waals surface area contributed by atoms with Crippen LogP contribution < -0.4 is 5.32 Å². The topological polar surface area (TPSA) is 107 Å². The van der Waals surface area contributed by atoms with Gasteiger partial charge in [-0.1, -0.05) is 18.7 Å². The normalized spacial score (nSPS) is 20.5. The molecule has 41 heavy (non-hydrogen) atoms. The van der Waals surface area contributed by atoms with E-state index in [0.717, 1.165) is 11.8 Å². The Kier molecular flexibility index (Phi) is 11.0. The van der Waals surface area contributed by atoms with Crippen molar-refractivity contribution in [1.82, 2.24) is 19.4 Å². The molecule has 0 spiro atoms. The molecule has 1 aliphatic heterocycles. The van der Waals surface area contributed by atoms with E-state index in [0.29, 0.717) is 12.8 Å². The lowest BCUT2D eigenvalue weighted by atomic mass is 10.0. The summed E-state index contributed by atoms with van der Waals surface area (Å²) in [6.45, 7) is 6.21. The number of rotatable bonds is 12. The number of hydrogen-bond acceptors (Lipinski definition) is 5. The van der Waals surface area contributed by atoms with Gasteiger partial charge in [-0.3, -0.25) is 14.4 Å². The maximum absolute atomic E-state index is 13.6. The number of halogens is 2. The molecule has 12 heteroatoms. The molecule has 0 bridgehead atoms. The van der Waals surface area contributed by atoms with Crippen LogP contribution in [0.25, 0.3) is 0 Å². The highest BCUT2D eigenvalue weighted by Gasteiger charge is 2.39. The molecule has 1 heterocycles. The number of allylic oxidation sites excluding steroid dienone is 4.